The molecule has 3 rings (SSSR count). The van der Waals surface area contributed by atoms with Crippen LogP contribution < -0.4 is 0 Å². The van der Waals surface area contributed by atoms with Gasteiger partial charge in [-0.05, 0) is 67.4 Å². The van der Waals surface area contributed by atoms with Crippen LogP contribution in [0.5, 0.6) is 0 Å². The molecule has 0 spiro atoms. The number of carboxylic acids is 1. The molecule has 1 atom stereocenters. The van der Waals surface area contributed by atoms with E-state index in [1.165, 1.54) is 6.07 Å². The Bertz CT molecular complexity index is 848. The molecule has 1 N–H and O–H groups in total. The lowest BCUT2D eigenvalue weighted by atomic mass is 9.90. The first-order chi connectivity index (χ1) is 13.2. The normalized spacial score (nSPS) is 17.5. The van der Waals surface area contributed by atoms with E-state index in [0.717, 1.165) is 17.7 Å². The number of likely N-dealkylation sites (tertiary alicyclic amines) is 1. The van der Waals surface area contributed by atoms with Crippen molar-refractivity contribution >= 4 is 29.2 Å². The molecule has 2 aromatic carbocycles. The predicted octanol–water partition coefficient (Wildman–Crippen LogP) is 5.90. The first kappa shape index (κ1) is 21.0. The maximum atomic E-state index is 13.3. The van der Waals surface area contributed by atoms with E-state index in [2.05, 4.69) is 0 Å². The van der Waals surface area contributed by atoms with E-state index in [0.29, 0.717) is 36.5 Å². The van der Waals surface area contributed by atoms with E-state index in [4.69, 9.17) is 23.2 Å². The molecular weight excluding hydrogens is 414 g/mol. The van der Waals surface area contributed by atoms with Crippen LogP contribution in [0.3, 0.4) is 0 Å². The molecule has 2 aromatic rings. The number of carboxylic acid groups (broad SMARTS) is 1. The Balaban J connectivity index is 2.03. The van der Waals surface area contributed by atoms with Crippen LogP contribution in [0.2, 0.25) is 10.0 Å². The molecule has 1 saturated heterocycles. The molecule has 1 aliphatic rings. The molecule has 1 heterocycles. The molecule has 28 heavy (non-hydrogen) atoms. The van der Waals surface area contributed by atoms with Gasteiger partial charge in [-0.25, -0.2) is 0 Å². The molecule has 0 amide bonds. The Morgan fingerprint density at radius 2 is 1.68 bits per heavy atom. The lowest BCUT2D eigenvalue weighted by Crippen LogP contribution is -2.39. The summed E-state index contributed by atoms with van der Waals surface area (Å²) in [6.07, 6.45) is -3.63. The minimum Gasteiger partial charge on any atom is -0.481 e. The first-order valence-corrected chi connectivity index (χ1v) is 9.51. The number of carbonyl (C=O) groups is 1. The summed E-state index contributed by atoms with van der Waals surface area (Å²) in [5.41, 5.74) is 0.318. The van der Waals surface area contributed by atoms with Gasteiger partial charge in [0.2, 0.25) is 0 Å². The van der Waals surface area contributed by atoms with E-state index in [-0.39, 0.29) is 5.02 Å². The third-order valence-corrected chi connectivity index (χ3v) is 5.64. The van der Waals surface area contributed by atoms with Crippen molar-refractivity contribution in [1.82, 2.24) is 4.90 Å². The van der Waals surface area contributed by atoms with E-state index in [1.54, 1.807) is 24.3 Å². The van der Waals surface area contributed by atoms with Gasteiger partial charge in [0.15, 0.2) is 0 Å². The molecular formula is C20H18Cl2F3NO2. The van der Waals surface area contributed by atoms with Gasteiger partial charge >= 0.3 is 12.1 Å². The maximum Gasteiger partial charge on any atom is 0.416 e. The lowest BCUT2D eigenvalue weighted by molar-refractivity contribution is -0.143. The zero-order valence-electron chi connectivity index (χ0n) is 14.7. The summed E-state index contributed by atoms with van der Waals surface area (Å²) in [5.74, 6) is -1.29. The maximum absolute atomic E-state index is 13.3. The molecule has 150 valence electrons. The summed E-state index contributed by atoms with van der Waals surface area (Å²) in [4.78, 5) is 13.2. The molecule has 0 saturated carbocycles. The topological polar surface area (TPSA) is 40.5 Å². The number of rotatable bonds is 4. The Kier molecular flexibility index (Phi) is 6.22. The minimum atomic E-state index is -4.49. The standard InChI is InChI=1S/C20H18Cl2F3NO2/c21-15-4-1-12(2-5-15)18(26-9-7-13(8-10-26)19(27)28)16-11-14(20(23,24)25)3-6-17(16)22/h1-6,11,13,18H,7-10H2,(H,27,28). The third-order valence-electron chi connectivity index (χ3n) is 5.05. The first-order valence-electron chi connectivity index (χ1n) is 8.76. The number of hydrogen-bond donors (Lipinski definition) is 1. The molecule has 0 aliphatic carbocycles. The highest BCUT2D eigenvalue weighted by Crippen LogP contribution is 2.39. The molecule has 1 aliphatic heterocycles. The van der Waals surface area contributed by atoms with Crippen LogP contribution in [-0.4, -0.2) is 29.1 Å². The van der Waals surface area contributed by atoms with E-state index < -0.39 is 29.7 Å². The molecule has 1 fully saturated rings. The van der Waals surface area contributed by atoms with Crippen molar-refractivity contribution in [2.75, 3.05) is 13.1 Å². The Hall–Kier alpha value is -1.76. The van der Waals surface area contributed by atoms with Gasteiger partial charge in [0.05, 0.1) is 17.5 Å². The molecule has 0 aromatic heterocycles. The highest BCUT2D eigenvalue weighted by molar-refractivity contribution is 6.31. The average Bonchev–Trinajstić information content (AvgIpc) is 2.64. The fourth-order valence-electron chi connectivity index (χ4n) is 3.57. The van der Waals surface area contributed by atoms with Crippen LogP contribution in [0.25, 0.3) is 0 Å². The highest BCUT2D eigenvalue weighted by Gasteiger charge is 2.35. The van der Waals surface area contributed by atoms with Gasteiger partial charge < -0.3 is 5.11 Å². The molecule has 3 nitrogen and oxygen atoms in total. The van der Waals surface area contributed by atoms with Crippen LogP contribution in [-0.2, 0) is 11.0 Å². The lowest BCUT2D eigenvalue weighted by Gasteiger charge is -2.37. The Labute approximate surface area is 170 Å². The van der Waals surface area contributed by atoms with Gasteiger partial charge in [-0.3, -0.25) is 9.69 Å². The van der Waals surface area contributed by atoms with Gasteiger partial charge in [-0.1, -0.05) is 35.3 Å². The number of benzene rings is 2. The second-order valence-electron chi connectivity index (χ2n) is 6.84. The third kappa shape index (κ3) is 4.62. The van der Waals surface area contributed by atoms with Crippen LogP contribution >= 0.6 is 23.2 Å². The SMILES string of the molecule is O=C(O)C1CCN(C(c2ccc(Cl)cc2)c2cc(C(F)(F)F)ccc2Cl)CC1. The fraction of sp³-hybridized carbons (Fsp3) is 0.350. The van der Waals surface area contributed by atoms with Crippen molar-refractivity contribution < 1.29 is 23.1 Å². The van der Waals surface area contributed by atoms with E-state index >= 15 is 0 Å². The summed E-state index contributed by atoms with van der Waals surface area (Å²) in [7, 11) is 0. The summed E-state index contributed by atoms with van der Waals surface area (Å²) >= 11 is 12.3. The minimum absolute atomic E-state index is 0.230. The Morgan fingerprint density at radius 1 is 1.07 bits per heavy atom. The molecule has 8 heteroatoms. The van der Waals surface area contributed by atoms with Crippen LogP contribution in [0.4, 0.5) is 13.2 Å². The number of halogens is 5. The van der Waals surface area contributed by atoms with Crippen LogP contribution in [0.15, 0.2) is 42.5 Å². The smallest absolute Gasteiger partial charge is 0.416 e. The summed E-state index contributed by atoms with van der Waals surface area (Å²) in [6.45, 7) is 0.883. The number of nitrogens with zero attached hydrogens (tertiary/aromatic N) is 1. The second-order valence-corrected chi connectivity index (χ2v) is 7.68. The molecule has 1 unspecified atom stereocenters. The van der Waals surface area contributed by atoms with Crippen molar-refractivity contribution in [2.24, 2.45) is 5.92 Å². The number of alkyl halides is 3. The van der Waals surface area contributed by atoms with Gasteiger partial charge in [0, 0.05) is 10.0 Å². The van der Waals surface area contributed by atoms with E-state index in [9.17, 15) is 23.1 Å². The Morgan fingerprint density at radius 3 is 2.21 bits per heavy atom. The molecule has 0 radical (unpaired) electrons. The summed E-state index contributed by atoms with van der Waals surface area (Å²) < 4.78 is 39.8. The predicted molar refractivity (Wildman–Crippen MR) is 102 cm³/mol. The van der Waals surface area contributed by atoms with Gasteiger partial charge in [0.25, 0.3) is 0 Å². The van der Waals surface area contributed by atoms with Crippen molar-refractivity contribution in [3.8, 4) is 0 Å². The molecule has 0 bridgehead atoms. The van der Waals surface area contributed by atoms with Crippen molar-refractivity contribution in [2.45, 2.75) is 25.1 Å². The van der Waals surface area contributed by atoms with Gasteiger partial charge in [0.1, 0.15) is 0 Å². The monoisotopic (exact) mass is 431 g/mol. The summed E-state index contributed by atoms with van der Waals surface area (Å²) in [5, 5.41) is 9.96. The van der Waals surface area contributed by atoms with Crippen molar-refractivity contribution in [1.29, 1.82) is 0 Å². The zero-order valence-corrected chi connectivity index (χ0v) is 16.2. The van der Waals surface area contributed by atoms with Crippen LogP contribution in [0.1, 0.15) is 35.6 Å². The van der Waals surface area contributed by atoms with Crippen LogP contribution in [0, 0.1) is 5.92 Å². The zero-order chi connectivity index (χ0) is 20.5. The quantitative estimate of drug-likeness (QED) is 0.654. The van der Waals surface area contributed by atoms with Gasteiger partial charge in [-0.2, -0.15) is 13.2 Å². The second kappa shape index (κ2) is 8.31. The number of aliphatic carboxylic acids is 1. The fourth-order valence-corrected chi connectivity index (χ4v) is 3.91. The largest absolute Gasteiger partial charge is 0.481 e. The average molecular weight is 432 g/mol. The van der Waals surface area contributed by atoms with Gasteiger partial charge in [-0.15, -0.1) is 0 Å². The number of hydrogen-bond acceptors (Lipinski definition) is 2. The van der Waals surface area contributed by atoms with E-state index in [1.807, 2.05) is 4.90 Å². The summed E-state index contributed by atoms with van der Waals surface area (Å²) in [6, 6.07) is 9.63. The highest BCUT2D eigenvalue weighted by atomic mass is 35.5. The van der Waals surface area contributed by atoms with Crippen molar-refractivity contribution in [3.63, 3.8) is 0 Å². The van der Waals surface area contributed by atoms with Crippen molar-refractivity contribution in [3.05, 3.63) is 69.2 Å². The number of piperidine rings is 1.